The summed E-state index contributed by atoms with van der Waals surface area (Å²) in [4.78, 5) is 22.9. The maximum atomic E-state index is 11.4. The zero-order chi connectivity index (χ0) is 10.6. The van der Waals surface area contributed by atoms with E-state index < -0.39 is 24.1 Å². The van der Waals surface area contributed by atoms with Gasteiger partial charge in [-0.15, -0.1) is 0 Å². The summed E-state index contributed by atoms with van der Waals surface area (Å²) in [6.45, 7) is 0.750. The van der Waals surface area contributed by atoms with Crippen LogP contribution in [0.25, 0.3) is 0 Å². The van der Waals surface area contributed by atoms with Gasteiger partial charge in [0.05, 0.1) is 6.61 Å². The topological polar surface area (TPSA) is 89.9 Å². The van der Waals surface area contributed by atoms with E-state index in [1.165, 1.54) is 25.9 Å². The first-order valence-electron chi connectivity index (χ1n) is 3.67. The first kappa shape index (κ1) is 11.7. The highest BCUT2D eigenvalue weighted by Gasteiger charge is 2.35. The fourth-order valence-electron chi connectivity index (χ4n) is 0.890. The van der Waals surface area contributed by atoms with Gasteiger partial charge in [0.25, 0.3) is 0 Å². The third kappa shape index (κ3) is 2.90. The van der Waals surface area contributed by atoms with Crippen LogP contribution < -0.4 is 5.32 Å². The molecule has 1 atom stereocenters. The van der Waals surface area contributed by atoms with E-state index in [0.29, 0.717) is 0 Å². The summed E-state index contributed by atoms with van der Waals surface area (Å²) in [5.41, 5.74) is -1.46. The Morgan fingerprint density at radius 2 is 1.92 bits per heavy atom. The van der Waals surface area contributed by atoms with Crippen LogP contribution >= 0.6 is 0 Å². The minimum absolute atomic E-state index is 0.489. The van der Waals surface area contributed by atoms with Gasteiger partial charge in [-0.25, -0.2) is 4.79 Å². The van der Waals surface area contributed by atoms with E-state index >= 15 is 0 Å². The van der Waals surface area contributed by atoms with Crippen molar-refractivity contribution in [1.29, 1.82) is 0 Å². The lowest BCUT2D eigenvalue weighted by Gasteiger charge is -2.28. The van der Waals surface area contributed by atoms with Crippen LogP contribution in [-0.4, -0.2) is 53.4 Å². The number of carbonyl (C=O) groups is 2. The van der Waals surface area contributed by atoms with Crippen molar-refractivity contribution >= 4 is 12.0 Å². The predicted octanol–water partition coefficient (Wildman–Crippen LogP) is -0.907. The quantitative estimate of drug-likeness (QED) is 0.537. The third-order valence-corrected chi connectivity index (χ3v) is 1.58. The summed E-state index contributed by atoms with van der Waals surface area (Å²) in [6.07, 6.45) is -1.34. The van der Waals surface area contributed by atoms with E-state index in [2.05, 4.69) is 0 Å². The molecule has 0 aromatic heterocycles. The van der Waals surface area contributed by atoms with Crippen molar-refractivity contribution in [3.05, 3.63) is 0 Å². The number of amides is 2. The van der Waals surface area contributed by atoms with E-state index in [9.17, 15) is 9.59 Å². The number of rotatable bonds is 3. The van der Waals surface area contributed by atoms with Gasteiger partial charge in [0.2, 0.25) is 5.91 Å². The number of hydrogen-bond acceptors (Lipinski definition) is 3. The molecule has 0 aliphatic rings. The molecule has 76 valence electrons. The monoisotopic (exact) mass is 190 g/mol. The normalized spacial score (nSPS) is 14.5. The number of aliphatic hydroxyl groups excluding tert-OH is 1. The van der Waals surface area contributed by atoms with E-state index in [1.54, 1.807) is 0 Å². The molecule has 0 saturated heterocycles. The average molecular weight is 190 g/mol. The molecule has 0 aromatic rings. The van der Waals surface area contributed by atoms with Crippen LogP contribution in [0.4, 0.5) is 4.79 Å². The van der Waals surface area contributed by atoms with E-state index in [4.69, 9.17) is 10.2 Å². The second-order valence-electron chi connectivity index (χ2n) is 3.12. The van der Waals surface area contributed by atoms with Gasteiger partial charge in [0.1, 0.15) is 5.54 Å². The first-order chi connectivity index (χ1) is 5.83. The van der Waals surface area contributed by atoms with Crippen molar-refractivity contribution in [2.24, 2.45) is 0 Å². The number of carboxylic acid groups (broad SMARTS) is 1. The Balaban J connectivity index is 4.62. The largest absolute Gasteiger partial charge is 0.465 e. The molecule has 0 bridgehead atoms. The standard InChI is InChI=1S/C7H14N2O4/c1-7(4-10,8-6(12)13)5(11)9(2)3/h8,10H,4H2,1-3H3,(H,12,13)/t7-/m0/s1. The van der Waals surface area contributed by atoms with Gasteiger partial charge < -0.3 is 20.4 Å². The second kappa shape index (κ2) is 4.08. The summed E-state index contributed by atoms with van der Waals surface area (Å²) >= 11 is 0. The zero-order valence-electron chi connectivity index (χ0n) is 7.87. The average Bonchev–Trinajstić information content (AvgIpc) is 2.01. The fraction of sp³-hybridized carbons (Fsp3) is 0.714. The summed E-state index contributed by atoms with van der Waals surface area (Å²) < 4.78 is 0. The van der Waals surface area contributed by atoms with Crippen LogP contribution in [0.5, 0.6) is 0 Å². The first-order valence-corrected chi connectivity index (χ1v) is 3.67. The Labute approximate surface area is 76.2 Å². The van der Waals surface area contributed by atoms with Crippen LogP contribution in [0.3, 0.4) is 0 Å². The highest BCUT2D eigenvalue weighted by atomic mass is 16.4. The maximum absolute atomic E-state index is 11.4. The van der Waals surface area contributed by atoms with Gasteiger partial charge in [-0.2, -0.15) is 0 Å². The minimum atomic E-state index is -1.46. The lowest BCUT2D eigenvalue weighted by atomic mass is 10.0. The fourth-order valence-corrected chi connectivity index (χ4v) is 0.890. The molecule has 0 saturated carbocycles. The second-order valence-corrected chi connectivity index (χ2v) is 3.12. The molecule has 13 heavy (non-hydrogen) atoms. The Kier molecular flexibility index (Phi) is 3.68. The molecule has 0 fully saturated rings. The van der Waals surface area contributed by atoms with Crippen molar-refractivity contribution in [2.75, 3.05) is 20.7 Å². The SMILES string of the molecule is CN(C)C(=O)[C@](C)(CO)NC(=O)O. The summed E-state index contributed by atoms with van der Waals surface area (Å²) in [7, 11) is 2.97. The molecular weight excluding hydrogens is 176 g/mol. The van der Waals surface area contributed by atoms with E-state index in [0.717, 1.165) is 0 Å². The maximum Gasteiger partial charge on any atom is 0.405 e. The van der Waals surface area contributed by atoms with E-state index in [-0.39, 0.29) is 0 Å². The number of nitrogens with zero attached hydrogens (tertiary/aromatic N) is 1. The molecule has 0 aromatic carbocycles. The molecule has 0 radical (unpaired) electrons. The lowest BCUT2D eigenvalue weighted by molar-refractivity contribution is -0.136. The molecular formula is C7H14N2O4. The molecule has 6 nitrogen and oxygen atoms in total. The smallest absolute Gasteiger partial charge is 0.405 e. The van der Waals surface area contributed by atoms with Crippen molar-refractivity contribution in [1.82, 2.24) is 10.2 Å². The Morgan fingerprint density at radius 1 is 1.46 bits per heavy atom. The summed E-state index contributed by atoms with van der Waals surface area (Å²) in [5, 5.41) is 19.3. The molecule has 0 aliphatic heterocycles. The van der Waals surface area contributed by atoms with Crippen molar-refractivity contribution in [2.45, 2.75) is 12.5 Å². The van der Waals surface area contributed by atoms with Gasteiger partial charge in [0, 0.05) is 14.1 Å². The number of likely N-dealkylation sites (N-methyl/N-ethyl adjacent to an activating group) is 1. The highest BCUT2D eigenvalue weighted by molar-refractivity contribution is 5.89. The van der Waals surface area contributed by atoms with Gasteiger partial charge in [-0.3, -0.25) is 4.79 Å². The molecule has 0 unspecified atom stereocenters. The number of hydrogen-bond donors (Lipinski definition) is 3. The van der Waals surface area contributed by atoms with Crippen molar-refractivity contribution in [3.63, 3.8) is 0 Å². The van der Waals surface area contributed by atoms with Crippen molar-refractivity contribution in [3.8, 4) is 0 Å². The molecule has 0 spiro atoms. The molecule has 2 amide bonds. The molecule has 3 N–H and O–H groups in total. The minimum Gasteiger partial charge on any atom is -0.465 e. The Morgan fingerprint density at radius 3 is 2.15 bits per heavy atom. The zero-order valence-corrected chi connectivity index (χ0v) is 7.87. The molecule has 0 aliphatic carbocycles. The molecule has 6 heteroatoms. The summed E-state index contributed by atoms with van der Waals surface area (Å²) in [5.74, 6) is -0.489. The molecule has 0 heterocycles. The Bertz CT molecular complexity index is 217. The van der Waals surface area contributed by atoms with Gasteiger partial charge in [-0.05, 0) is 6.92 Å². The number of nitrogens with one attached hydrogen (secondary N) is 1. The highest BCUT2D eigenvalue weighted by Crippen LogP contribution is 2.05. The van der Waals surface area contributed by atoms with Crippen LogP contribution in [0, 0.1) is 0 Å². The third-order valence-electron chi connectivity index (χ3n) is 1.58. The van der Waals surface area contributed by atoms with Crippen LogP contribution in [0.1, 0.15) is 6.92 Å². The summed E-state index contributed by atoms with van der Waals surface area (Å²) in [6, 6.07) is 0. The van der Waals surface area contributed by atoms with Gasteiger partial charge >= 0.3 is 6.09 Å². The van der Waals surface area contributed by atoms with Crippen LogP contribution in [-0.2, 0) is 4.79 Å². The lowest BCUT2D eigenvalue weighted by Crippen LogP contribution is -2.58. The van der Waals surface area contributed by atoms with Crippen LogP contribution in [0.2, 0.25) is 0 Å². The number of aliphatic hydroxyl groups is 1. The Hall–Kier alpha value is -1.30. The van der Waals surface area contributed by atoms with E-state index in [1.807, 2.05) is 5.32 Å². The van der Waals surface area contributed by atoms with Gasteiger partial charge in [-0.1, -0.05) is 0 Å². The van der Waals surface area contributed by atoms with Crippen molar-refractivity contribution < 1.29 is 19.8 Å². The number of carbonyl (C=O) groups excluding carboxylic acids is 1. The van der Waals surface area contributed by atoms with Gasteiger partial charge in [0.15, 0.2) is 0 Å². The molecule has 0 rings (SSSR count). The predicted molar refractivity (Wildman–Crippen MR) is 45.3 cm³/mol. The van der Waals surface area contributed by atoms with Crippen LogP contribution in [0.15, 0.2) is 0 Å².